The lowest BCUT2D eigenvalue weighted by molar-refractivity contribution is -0.136. The Morgan fingerprint density at radius 1 is 1.08 bits per heavy atom. The van der Waals surface area contributed by atoms with Crippen molar-refractivity contribution in [2.24, 2.45) is 5.10 Å². The fourth-order valence-corrected chi connectivity index (χ4v) is 1.97. The van der Waals surface area contributed by atoms with Crippen molar-refractivity contribution in [2.75, 3.05) is 19.0 Å². The molecule has 0 saturated heterocycles. The number of hydrogen-bond acceptors (Lipinski definition) is 5. The maximum atomic E-state index is 11.8. The van der Waals surface area contributed by atoms with Crippen LogP contribution in [0.15, 0.2) is 53.6 Å². The highest BCUT2D eigenvalue weighted by molar-refractivity contribution is 6.39. The van der Waals surface area contributed by atoms with Crippen LogP contribution in [-0.4, -0.2) is 31.7 Å². The molecular weight excluding hydrogens is 322 g/mol. The minimum Gasteiger partial charge on any atom is -0.496 e. The summed E-state index contributed by atoms with van der Waals surface area (Å²) in [6.07, 6.45) is 1.40. The van der Waals surface area contributed by atoms with Crippen molar-refractivity contribution in [3.8, 4) is 11.5 Å². The van der Waals surface area contributed by atoms with Crippen molar-refractivity contribution >= 4 is 23.7 Å². The topological polar surface area (TPSA) is 89.0 Å². The van der Waals surface area contributed by atoms with Crippen LogP contribution in [-0.2, 0) is 9.59 Å². The number of hydrogen-bond donors (Lipinski definition) is 2. The van der Waals surface area contributed by atoms with E-state index in [2.05, 4.69) is 15.8 Å². The highest BCUT2D eigenvalue weighted by Gasteiger charge is 2.12. The first-order chi connectivity index (χ1) is 12.1. The van der Waals surface area contributed by atoms with Crippen LogP contribution in [0.25, 0.3) is 0 Å². The summed E-state index contributed by atoms with van der Waals surface area (Å²) in [4.78, 5) is 23.6. The smallest absolute Gasteiger partial charge is 0.329 e. The summed E-state index contributed by atoms with van der Waals surface area (Å²) in [5, 5.41) is 6.24. The second-order valence-electron chi connectivity index (χ2n) is 4.85. The maximum Gasteiger partial charge on any atom is 0.329 e. The predicted octanol–water partition coefficient (Wildman–Crippen LogP) is 2.18. The summed E-state index contributed by atoms with van der Waals surface area (Å²) in [6.45, 7) is 2.43. The van der Waals surface area contributed by atoms with Gasteiger partial charge in [-0.25, -0.2) is 5.43 Å². The summed E-state index contributed by atoms with van der Waals surface area (Å²) >= 11 is 0. The highest BCUT2D eigenvalue weighted by atomic mass is 16.5. The molecule has 0 aromatic heterocycles. The number of nitrogens with one attached hydrogen (secondary N) is 2. The Kier molecular flexibility index (Phi) is 6.53. The average Bonchev–Trinajstić information content (AvgIpc) is 2.63. The van der Waals surface area contributed by atoms with Crippen molar-refractivity contribution in [1.29, 1.82) is 0 Å². The number of carbonyl (C=O) groups is 2. The molecule has 0 saturated carbocycles. The SMILES string of the molecule is CCOc1ccc(NC(=O)C(=O)N/N=C/c2ccccc2OC)cc1. The Balaban J connectivity index is 1.89. The molecule has 0 bridgehead atoms. The number of hydrazone groups is 1. The maximum absolute atomic E-state index is 11.8. The van der Waals surface area contributed by atoms with Crippen molar-refractivity contribution in [2.45, 2.75) is 6.92 Å². The van der Waals surface area contributed by atoms with E-state index >= 15 is 0 Å². The fraction of sp³-hybridized carbons (Fsp3) is 0.167. The second kappa shape index (κ2) is 9.07. The molecule has 2 N–H and O–H groups in total. The lowest BCUT2D eigenvalue weighted by Gasteiger charge is -2.06. The first kappa shape index (κ1) is 18.0. The minimum atomic E-state index is -0.875. The summed E-state index contributed by atoms with van der Waals surface area (Å²) in [6, 6.07) is 13.9. The highest BCUT2D eigenvalue weighted by Crippen LogP contribution is 2.16. The number of amides is 2. The van der Waals surface area contributed by atoms with E-state index in [-0.39, 0.29) is 0 Å². The lowest BCUT2D eigenvalue weighted by atomic mass is 10.2. The van der Waals surface area contributed by atoms with E-state index in [1.54, 1.807) is 36.4 Å². The lowest BCUT2D eigenvalue weighted by Crippen LogP contribution is -2.32. The molecule has 0 heterocycles. The molecule has 0 radical (unpaired) electrons. The molecule has 2 aromatic carbocycles. The van der Waals surface area contributed by atoms with Crippen LogP contribution in [0.3, 0.4) is 0 Å². The van der Waals surface area contributed by atoms with Gasteiger partial charge in [0.05, 0.1) is 19.9 Å². The third-order valence-electron chi connectivity index (χ3n) is 3.14. The van der Waals surface area contributed by atoms with Gasteiger partial charge in [0, 0.05) is 11.3 Å². The summed E-state index contributed by atoms with van der Waals surface area (Å²) in [5.41, 5.74) is 3.33. The Labute approximate surface area is 145 Å². The van der Waals surface area contributed by atoms with Gasteiger partial charge in [0.2, 0.25) is 0 Å². The molecule has 0 aliphatic carbocycles. The van der Waals surface area contributed by atoms with Gasteiger partial charge in [-0.1, -0.05) is 12.1 Å². The van der Waals surface area contributed by atoms with E-state index in [9.17, 15) is 9.59 Å². The molecule has 25 heavy (non-hydrogen) atoms. The van der Waals surface area contributed by atoms with E-state index < -0.39 is 11.8 Å². The number of rotatable bonds is 6. The van der Waals surface area contributed by atoms with Crippen molar-refractivity contribution in [3.63, 3.8) is 0 Å². The number of ether oxygens (including phenoxy) is 2. The Morgan fingerprint density at radius 3 is 2.48 bits per heavy atom. The van der Waals surface area contributed by atoms with Crippen LogP contribution in [0.5, 0.6) is 11.5 Å². The number of para-hydroxylation sites is 1. The molecule has 0 unspecified atom stereocenters. The molecule has 0 aliphatic rings. The summed E-state index contributed by atoms with van der Waals surface area (Å²) in [5.74, 6) is -0.396. The van der Waals surface area contributed by atoms with Gasteiger partial charge in [-0.15, -0.1) is 0 Å². The molecule has 0 fully saturated rings. The van der Waals surface area contributed by atoms with Crippen molar-refractivity contribution in [3.05, 3.63) is 54.1 Å². The van der Waals surface area contributed by atoms with Crippen molar-refractivity contribution < 1.29 is 19.1 Å². The molecule has 7 heteroatoms. The molecule has 0 aliphatic heterocycles. The van der Waals surface area contributed by atoms with Gasteiger partial charge in [-0.3, -0.25) is 9.59 Å². The molecule has 0 atom stereocenters. The molecule has 7 nitrogen and oxygen atoms in total. The third kappa shape index (κ3) is 5.35. The zero-order chi connectivity index (χ0) is 18.1. The number of anilines is 1. The summed E-state index contributed by atoms with van der Waals surface area (Å²) in [7, 11) is 1.54. The van der Waals surface area contributed by atoms with E-state index in [4.69, 9.17) is 9.47 Å². The first-order valence-corrected chi connectivity index (χ1v) is 7.64. The molecule has 130 valence electrons. The Hall–Kier alpha value is -3.35. The predicted molar refractivity (Wildman–Crippen MR) is 95.0 cm³/mol. The van der Waals surface area contributed by atoms with Gasteiger partial charge in [0.15, 0.2) is 0 Å². The van der Waals surface area contributed by atoms with Gasteiger partial charge < -0.3 is 14.8 Å². The first-order valence-electron chi connectivity index (χ1n) is 7.64. The molecule has 2 rings (SSSR count). The number of methoxy groups -OCH3 is 1. The number of benzene rings is 2. The van der Waals surface area contributed by atoms with Crippen LogP contribution in [0.1, 0.15) is 12.5 Å². The quantitative estimate of drug-likeness (QED) is 0.479. The zero-order valence-corrected chi connectivity index (χ0v) is 14.0. The monoisotopic (exact) mass is 341 g/mol. The van der Waals surface area contributed by atoms with E-state index in [1.807, 2.05) is 19.1 Å². The molecule has 0 spiro atoms. The third-order valence-corrected chi connectivity index (χ3v) is 3.14. The van der Waals surface area contributed by atoms with E-state index in [0.717, 1.165) is 0 Å². The standard InChI is InChI=1S/C18H19N3O4/c1-3-25-15-10-8-14(9-11-15)20-17(22)18(23)21-19-12-13-6-4-5-7-16(13)24-2/h4-12H,3H2,1-2H3,(H,20,22)(H,21,23)/b19-12+. The van der Waals surface area contributed by atoms with Gasteiger partial charge in [0.1, 0.15) is 11.5 Å². The molecular formula is C18H19N3O4. The number of carbonyl (C=O) groups excluding carboxylic acids is 2. The van der Waals surface area contributed by atoms with E-state index in [0.29, 0.717) is 29.4 Å². The average molecular weight is 341 g/mol. The zero-order valence-electron chi connectivity index (χ0n) is 14.0. The van der Waals surface area contributed by atoms with Crippen molar-refractivity contribution in [1.82, 2.24) is 5.43 Å². The summed E-state index contributed by atoms with van der Waals surface area (Å²) < 4.78 is 10.5. The Bertz CT molecular complexity index is 757. The van der Waals surface area contributed by atoms with Gasteiger partial charge in [-0.2, -0.15) is 5.10 Å². The van der Waals surface area contributed by atoms with Crippen LogP contribution >= 0.6 is 0 Å². The second-order valence-corrected chi connectivity index (χ2v) is 4.85. The van der Waals surface area contributed by atoms with Crippen LogP contribution in [0.4, 0.5) is 5.69 Å². The number of nitrogens with zero attached hydrogens (tertiary/aromatic N) is 1. The van der Waals surface area contributed by atoms with Gasteiger partial charge in [0.25, 0.3) is 0 Å². The van der Waals surface area contributed by atoms with Gasteiger partial charge in [-0.05, 0) is 43.3 Å². The fourth-order valence-electron chi connectivity index (χ4n) is 1.97. The van der Waals surface area contributed by atoms with E-state index in [1.165, 1.54) is 13.3 Å². The molecule has 2 amide bonds. The van der Waals surface area contributed by atoms with Crippen LogP contribution in [0, 0.1) is 0 Å². The minimum absolute atomic E-state index is 0.484. The van der Waals surface area contributed by atoms with Crippen LogP contribution in [0.2, 0.25) is 0 Å². The molecule has 2 aromatic rings. The van der Waals surface area contributed by atoms with Gasteiger partial charge >= 0.3 is 11.8 Å². The largest absolute Gasteiger partial charge is 0.496 e. The van der Waals surface area contributed by atoms with Crippen LogP contribution < -0.4 is 20.2 Å². The normalized spacial score (nSPS) is 10.3. The Morgan fingerprint density at radius 2 is 1.80 bits per heavy atom.